The van der Waals surface area contributed by atoms with Gasteiger partial charge >= 0.3 is 0 Å². The fourth-order valence-corrected chi connectivity index (χ4v) is 2.49. The summed E-state index contributed by atoms with van der Waals surface area (Å²) in [7, 11) is 0. The smallest absolute Gasteiger partial charge is 0.256 e. The Kier molecular flexibility index (Phi) is 4.39. The first-order valence-electron chi connectivity index (χ1n) is 5.39. The second-order valence-electron chi connectivity index (χ2n) is 3.94. The summed E-state index contributed by atoms with van der Waals surface area (Å²) in [4.78, 5) is 12.1. The molecule has 0 saturated carbocycles. The normalized spacial score (nSPS) is 10.4. The molecule has 2 aromatic rings. The Labute approximate surface area is 130 Å². The van der Waals surface area contributed by atoms with E-state index >= 15 is 0 Å². The molecule has 2 aromatic carbocycles. The number of rotatable bonds is 2. The number of anilines is 2. The molecule has 0 aliphatic carbocycles. The summed E-state index contributed by atoms with van der Waals surface area (Å²) in [6.45, 7) is 0. The van der Waals surface area contributed by atoms with Gasteiger partial charge in [-0.25, -0.2) is 8.78 Å². The highest BCUT2D eigenvalue weighted by Gasteiger charge is 2.16. The van der Waals surface area contributed by atoms with Crippen molar-refractivity contribution in [2.75, 3.05) is 11.1 Å². The Morgan fingerprint density at radius 1 is 1.10 bits per heavy atom. The van der Waals surface area contributed by atoms with Crippen molar-refractivity contribution in [3.8, 4) is 0 Å². The Morgan fingerprint density at radius 3 is 2.45 bits per heavy atom. The van der Waals surface area contributed by atoms with E-state index in [0.29, 0.717) is 16.2 Å². The molecule has 0 spiro atoms. The predicted octanol–water partition coefficient (Wildman–Crippen LogP) is 4.32. The van der Waals surface area contributed by atoms with Crippen LogP contribution in [0.2, 0.25) is 0 Å². The van der Waals surface area contributed by atoms with Gasteiger partial charge in [0.2, 0.25) is 0 Å². The number of halogens is 4. The van der Waals surface area contributed by atoms with Crippen molar-refractivity contribution in [1.82, 2.24) is 0 Å². The Hall–Kier alpha value is -1.47. The molecule has 104 valence electrons. The maximum atomic E-state index is 13.6. The molecule has 0 aromatic heterocycles. The molecule has 2 rings (SSSR count). The third-order valence-corrected chi connectivity index (χ3v) is 3.80. The summed E-state index contributed by atoms with van der Waals surface area (Å²) in [6, 6.07) is 6.44. The molecular weight excluding hydrogens is 398 g/mol. The highest BCUT2D eigenvalue weighted by molar-refractivity contribution is 9.11. The van der Waals surface area contributed by atoms with Crippen LogP contribution in [0.3, 0.4) is 0 Å². The first-order chi connectivity index (χ1) is 9.38. The highest BCUT2D eigenvalue weighted by atomic mass is 79.9. The zero-order valence-corrected chi connectivity index (χ0v) is 13.1. The molecular formula is C13H8Br2F2N2O. The van der Waals surface area contributed by atoms with E-state index in [2.05, 4.69) is 37.2 Å². The molecule has 0 atom stereocenters. The van der Waals surface area contributed by atoms with Gasteiger partial charge in [0.05, 0.1) is 11.3 Å². The van der Waals surface area contributed by atoms with E-state index < -0.39 is 17.5 Å². The highest BCUT2D eigenvalue weighted by Crippen LogP contribution is 2.28. The van der Waals surface area contributed by atoms with Crippen LogP contribution in [0.5, 0.6) is 0 Å². The first kappa shape index (κ1) is 14.9. The molecule has 0 aliphatic heterocycles. The van der Waals surface area contributed by atoms with E-state index in [-0.39, 0.29) is 15.7 Å². The lowest BCUT2D eigenvalue weighted by Crippen LogP contribution is -2.14. The van der Waals surface area contributed by atoms with Gasteiger partial charge in [0, 0.05) is 20.7 Å². The van der Waals surface area contributed by atoms with Crippen molar-refractivity contribution in [2.24, 2.45) is 0 Å². The average molecular weight is 406 g/mol. The van der Waals surface area contributed by atoms with Crippen LogP contribution in [0, 0.1) is 11.6 Å². The van der Waals surface area contributed by atoms with Crippen molar-refractivity contribution >= 4 is 49.1 Å². The molecule has 0 radical (unpaired) electrons. The van der Waals surface area contributed by atoms with Crippen LogP contribution in [0.1, 0.15) is 10.4 Å². The molecule has 0 fully saturated rings. The van der Waals surface area contributed by atoms with Crippen LogP contribution in [-0.2, 0) is 0 Å². The summed E-state index contributed by atoms with van der Waals surface area (Å²) in [5.41, 5.74) is 6.12. The topological polar surface area (TPSA) is 55.1 Å². The Balaban J connectivity index is 2.35. The SMILES string of the molecule is Nc1ccc(Br)c(C(=O)Nc2c(F)cc(F)cc2Br)c1. The summed E-state index contributed by atoms with van der Waals surface area (Å²) >= 11 is 6.21. The zero-order valence-electron chi connectivity index (χ0n) is 9.88. The number of carbonyl (C=O) groups is 1. The average Bonchev–Trinajstić information content (AvgIpc) is 2.36. The van der Waals surface area contributed by atoms with E-state index in [9.17, 15) is 13.6 Å². The standard InChI is InChI=1S/C13H8Br2F2N2O/c14-9-2-1-7(18)5-8(9)13(20)19-12-10(15)3-6(16)4-11(12)17/h1-5H,18H2,(H,19,20). The molecule has 0 bridgehead atoms. The van der Waals surface area contributed by atoms with Gasteiger partial charge in [0.25, 0.3) is 5.91 Å². The summed E-state index contributed by atoms with van der Waals surface area (Å²) < 4.78 is 27.3. The van der Waals surface area contributed by atoms with Crippen molar-refractivity contribution in [2.45, 2.75) is 0 Å². The van der Waals surface area contributed by atoms with E-state index in [1.807, 2.05) is 0 Å². The van der Waals surface area contributed by atoms with Gasteiger partial charge in [-0.2, -0.15) is 0 Å². The van der Waals surface area contributed by atoms with E-state index in [0.717, 1.165) is 6.07 Å². The lowest BCUT2D eigenvalue weighted by Gasteiger charge is -2.10. The maximum absolute atomic E-state index is 13.6. The Morgan fingerprint density at radius 2 is 1.80 bits per heavy atom. The van der Waals surface area contributed by atoms with Gasteiger partial charge in [0.15, 0.2) is 5.82 Å². The maximum Gasteiger partial charge on any atom is 0.256 e. The van der Waals surface area contributed by atoms with Crippen LogP contribution in [0.25, 0.3) is 0 Å². The number of hydrogen-bond donors (Lipinski definition) is 2. The van der Waals surface area contributed by atoms with Gasteiger partial charge in [-0.3, -0.25) is 4.79 Å². The van der Waals surface area contributed by atoms with Crippen molar-refractivity contribution in [3.63, 3.8) is 0 Å². The second kappa shape index (κ2) is 5.88. The van der Waals surface area contributed by atoms with Gasteiger partial charge < -0.3 is 11.1 Å². The predicted molar refractivity (Wildman–Crippen MR) is 80.6 cm³/mol. The number of nitrogens with one attached hydrogen (secondary N) is 1. The van der Waals surface area contributed by atoms with E-state index in [1.165, 1.54) is 6.07 Å². The van der Waals surface area contributed by atoms with Gasteiger partial charge in [0.1, 0.15) is 5.82 Å². The number of nitrogen functional groups attached to an aromatic ring is 1. The number of carbonyl (C=O) groups excluding carboxylic acids is 1. The Bertz CT molecular complexity index is 669. The number of amides is 1. The van der Waals surface area contributed by atoms with E-state index in [1.54, 1.807) is 12.1 Å². The number of hydrogen-bond acceptors (Lipinski definition) is 2. The fraction of sp³-hybridized carbons (Fsp3) is 0. The third kappa shape index (κ3) is 3.16. The lowest BCUT2D eigenvalue weighted by molar-refractivity contribution is 0.102. The zero-order chi connectivity index (χ0) is 14.9. The summed E-state index contributed by atoms with van der Waals surface area (Å²) in [5, 5.41) is 2.38. The van der Waals surface area contributed by atoms with Gasteiger partial charge in [-0.15, -0.1) is 0 Å². The molecule has 20 heavy (non-hydrogen) atoms. The molecule has 3 nitrogen and oxygen atoms in total. The van der Waals surface area contributed by atoms with Crippen molar-refractivity contribution < 1.29 is 13.6 Å². The van der Waals surface area contributed by atoms with Crippen LogP contribution >= 0.6 is 31.9 Å². The largest absolute Gasteiger partial charge is 0.399 e. The minimum atomic E-state index is -0.870. The summed E-state index contributed by atoms with van der Waals surface area (Å²) in [5.74, 6) is -2.17. The van der Waals surface area contributed by atoms with Crippen LogP contribution in [0.4, 0.5) is 20.2 Å². The van der Waals surface area contributed by atoms with Gasteiger partial charge in [-0.05, 0) is 56.1 Å². The van der Waals surface area contributed by atoms with E-state index in [4.69, 9.17) is 5.73 Å². The molecule has 0 heterocycles. The monoisotopic (exact) mass is 404 g/mol. The summed E-state index contributed by atoms with van der Waals surface area (Å²) in [6.07, 6.45) is 0. The molecule has 0 unspecified atom stereocenters. The molecule has 3 N–H and O–H groups in total. The van der Waals surface area contributed by atoms with Crippen LogP contribution in [-0.4, -0.2) is 5.91 Å². The van der Waals surface area contributed by atoms with Crippen molar-refractivity contribution in [3.05, 3.63) is 56.5 Å². The quantitative estimate of drug-likeness (QED) is 0.731. The lowest BCUT2D eigenvalue weighted by atomic mass is 10.2. The van der Waals surface area contributed by atoms with Crippen LogP contribution in [0.15, 0.2) is 39.3 Å². The number of benzene rings is 2. The minimum absolute atomic E-state index is 0.114. The molecule has 0 aliphatic rings. The molecule has 7 heteroatoms. The number of nitrogens with two attached hydrogens (primary N) is 1. The second-order valence-corrected chi connectivity index (χ2v) is 5.65. The van der Waals surface area contributed by atoms with Gasteiger partial charge in [-0.1, -0.05) is 0 Å². The fourth-order valence-electron chi connectivity index (χ4n) is 1.56. The first-order valence-corrected chi connectivity index (χ1v) is 6.98. The molecule has 1 amide bonds. The minimum Gasteiger partial charge on any atom is -0.399 e. The molecule has 0 saturated heterocycles. The van der Waals surface area contributed by atoms with Crippen LogP contribution < -0.4 is 11.1 Å². The van der Waals surface area contributed by atoms with Crippen molar-refractivity contribution in [1.29, 1.82) is 0 Å². The third-order valence-electron chi connectivity index (χ3n) is 2.48.